The molecule has 0 bridgehead atoms. The van der Waals surface area contributed by atoms with E-state index in [0.29, 0.717) is 12.8 Å². The first kappa shape index (κ1) is 52.8. The van der Waals surface area contributed by atoms with Crippen LogP contribution in [0.5, 0.6) is 0 Å². The van der Waals surface area contributed by atoms with Crippen LogP contribution in [0.4, 0.5) is 0 Å². The van der Waals surface area contributed by atoms with Gasteiger partial charge in [-0.05, 0) is 12.8 Å². The second-order valence-corrected chi connectivity index (χ2v) is 17.7. The number of amides is 2. The molecular formula is C44H76N4O15. The maximum absolute atomic E-state index is 13.4. The fraction of sp³-hybridized carbons (Fsp3) is 0.864. The van der Waals surface area contributed by atoms with E-state index >= 15 is 0 Å². The van der Waals surface area contributed by atoms with Crippen LogP contribution in [0, 0.1) is 0 Å². The summed E-state index contributed by atoms with van der Waals surface area (Å²) in [6, 6.07) is -1.47. The Labute approximate surface area is 369 Å². The number of aromatic nitrogens is 2. The van der Waals surface area contributed by atoms with Crippen LogP contribution in [0.2, 0.25) is 0 Å². The van der Waals surface area contributed by atoms with Gasteiger partial charge in [0.25, 0.3) is 5.56 Å². The molecule has 3 saturated heterocycles. The standard InChI is InChI=1S/C44H76N4O15/c1-3-5-7-9-11-13-15-17-19-31(51)45-34-27(24-28-35(39(57)37(55)30(25-49)62-28)46-32(52)20-18-16-14-12-10-8-6-4-2)61-29(36(54)38(34)56)23-26(50)42-40(58)41(59)43(63-42)48-22-21-33(53)47-44(48)60/h21-22,26-30,34-43,49-50,54-59H,3-20,23-25H2,1-2H3,(H,45,51)(H,46,52)(H,47,53,60)/t26-,27+,28-,29-,30+,34?,35?,36?,37?,38?,39?,40+,41-,42-,43-/m1/s1. The lowest BCUT2D eigenvalue weighted by atomic mass is 9.83. The average Bonchev–Trinajstić information content (AvgIpc) is 3.55. The smallest absolute Gasteiger partial charge is 0.330 e. The lowest BCUT2D eigenvalue weighted by Gasteiger charge is -2.48. The van der Waals surface area contributed by atoms with E-state index in [1.54, 1.807) is 0 Å². The molecule has 362 valence electrons. The number of nitrogens with one attached hydrogen (secondary N) is 3. The molecule has 4 rings (SSSR count). The Bertz CT molecular complexity index is 1620. The van der Waals surface area contributed by atoms with Crippen LogP contribution in [-0.4, -0.2) is 154 Å². The summed E-state index contributed by atoms with van der Waals surface area (Å²) < 4.78 is 19.0. The summed E-state index contributed by atoms with van der Waals surface area (Å²) in [7, 11) is 0. The van der Waals surface area contributed by atoms with Gasteiger partial charge in [-0.25, -0.2) is 4.79 Å². The van der Waals surface area contributed by atoms with Gasteiger partial charge in [0.1, 0.15) is 48.8 Å². The number of aromatic amines is 1. The van der Waals surface area contributed by atoms with Crippen LogP contribution in [0.3, 0.4) is 0 Å². The van der Waals surface area contributed by atoms with Crippen LogP contribution in [0.15, 0.2) is 21.9 Å². The molecule has 0 saturated carbocycles. The summed E-state index contributed by atoms with van der Waals surface area (Å²) in [6.07, 6.45) is -3.10. The van der Waals surface area contributed by atoms with Crippen molar-refractivity contribution >= 4 is 11.8 Å². The van der Waals surface area contributed by atoms with Crippen LogP contribution in [-0.2, 0) is 23.8 Å². The van der Waals surface area contributed by atoms with Gasteiger partial charge in [-0.3, -0.25) is 23.9 Å². The van der Waals surface area contributed by atoms with Crippen molar-refractivity contribution in [3.8, 4) is 0 Å². The average molecular weight is 901 g/mol. The van der Waals surface area contributed by atoms with Crippen molar-refractivity contribution in [3.05, 3.63) is 33.1 Å². The van der Waals surface area contributed by atoms with Crippen molar-refractivity contribution in [1.29, 1.82) is 0 Å². The Morgan fingerprint density at radius 1 is 0.635 bits per heavy atom. The van der Waals surface area contributed by atoms with E-state index in [-0.39, 0.29) is 19.3 Å². The fourth-order valence-electron chi connectivity index (χ4n) is 9.01. The summed E-state index contributed by atoms with van der Waals surface area (Å²) in [6.45, 7) is 3.62. The minimum atomic E-state index is -1.75. The quantitative estimate of drug-likeness (QED) is 0.0530. The largest absolute Gasteiger partial charge is 0.394 e. The number of aliphatic hydroxyl groups excluding tert-OH is 8. The SMILES string of the molecule is CCCCCCCCCCC(=O)NC1C(O)C(O)[C@@H](C[C@@H](O)[C@H]2O[C@@H](n3ccc(=O)[nH]c3=O)[C@H](O)[C@@H]2O)O[C@H]1C[C@H]1O[C@@H](CO)C(O)C(O)C1NC(=O)CCCCCCCCCC. The Kier molecular flexibility index (Phi) is 22.6. The minimum Gasteiger partial charge on any atom is -0.394 e. The third kappa shape index (κ3) is 15.4. The van der Waals surface area contributed by atoms with Gasteiger partial charge in [-0.15, -0.1) is 0 Å². The number of unbranched alkanes of at least 4 members (excludes halogenated alkanes) is 14. The van der Waals surface area contributed by atoms with Crippen molar-refractivity contribution in [2.24, 2.45) is 0 Å². The molecule has 0 aliphatic carbocycles. The van der Waals surface area contributed by atoms with Crippen LogP contribution < -0.4 is 21.9 Å². The van der Waals surface area contributed by atoms with E-state index in [0.717, 1.165) is 87.5 Å². The molecule has 3 fully saturated rings. The maximum Gasteiger partial charge on any atom is 0.330 e. The zero-order valence-corrected chi connectivity index (χ0v) is 37.0. The molecular weight excluding hydrogens is 824 g/mol. The number of H-pyrrole nitrogens is 1. The molecule has 2 amide bonds. The first-order valence-corrected chi connectivity index (χ1v) is 23.5. The summed E-state index contributed by atoms with van der Waals surface area (Å²) >= 11 is 0. The minimum absolute atomic E-state index is 0.122. The van der Waals surface area contributed by atoms with Gasteiger partial charge in [-0.1, -0.05) is 104 Å². The van der Waals surface area contributed by atoms with Crippen molar-refractivity contribution in [2.45, 2.75) is 234 Å². The summed E-state index contributed by atoms with van der Waals surface area (Å²) in [5.41, 5.74) is -1.64. The van der Waals surface area contributed by atoms with Crippen molar-refractivity contribution in [3.63, 3.8) is 0 Å². The van der Waals surface area contributed by atoms with Crippen molar-refractivity contribution in [2.75, 3.05) is 6.61 Å². The molecule has 1 aromatic heterocycles. The highest BCUT2D eigenvalue weighted by Gasteiger charge is 2.53. The van der Waals surface area contributed by atoms with Crippen LogP contribution in [0.1, 0.15) is 148 Å². The Morgan fingerprint density at radius 3 is 1.57 bits per heavy atom. The predicted octanol–water partition coefficient (Wildman–Crippen LogP) is 0.299. The second-order valence-electron chi connectivity index (χ2n) is 17.7. The van der Waals surface area contributed by atoms with Gasteiger partial charge in [0, 0.05) is 37.9 Å². The number of ether oxygens (including phenoxy) is 3. The number of rotatable bonds is 27. The lowest BCUT2D eigenvalue weighted by Crippen LogP contribution is -2.68. The monoisotopic (exact) mass is 901 g/mol. The predicted molar refractivity (Wildman–Crippen MR) is 229 cm³/mol. The number of carbonyl (C=O) groups excluding carboxylic acids is 2. The van der Waals surface area contributed by atoms with Crippen molar-refractivity contribution < 1.29 is 64.7 Å². The number of carbonyl (C=O) groups is 2. The topological polar surface area (TPSA) is 303 Å². The molecule has 3 aliphatic rings. The first-order chi connectivity index (χ1) is 30.2. The number of nitrogens with zero attached hydrogens (tertiary/aromatic N) is 1. The van der Waals surface area contributed by atoms with E-state index in [2.05, 4.69) is 24.5 Å². The van der Waals surface area contributed by atoms with Gasteiger partial charge < -0.3 is 65.7 Å². The molecule has 11 N–H and O–H groups in total. The van der Waals surface area contributed by atoms with E-state index in [1.807, 2.05) is 4.98 Å². The van der Waals surface area contributed by atoms with Crippen molar-refractivity contribution in [1.82, 2.24) is 20.2 Å². The Hall–Kier alpha value is -2.82. The van der Waals surface area contributed by atoms with Gasteiger partial charge in [0.05, 0.1) is 43.1 Å². The molecule has 0 aromatic carbocycles. The summed E-state index contributed by atoms with van der Waals surface area (Å²) in [4.78, 5) is 52.7. The molecule has 0 spiro atoms. The molecule has 3 aliphatic heterocycles. The maximum atomic E-state index is 13.4. The zero-order valence-electron chi connectivity index (χ0n) is 37.0. The molecule has 63 heavy (non-hydrogen) atoms. The molecule has 1 aromatic rings. The molecule has 4 heterocycles. The van der Waals surface area contributed by atoms with Gasteiger partial charge in [0.15, 0.2) is 6.23 Å². The zero-order chi connectivity index (χ0) is 46.1. The van der Waals surface area contributed by atoms with E-state index in [4.69, 9.17) is 14.2 Å². The molecule has 0 radical (unpaired) electrons. The van der Waals surface area contributed by atoms with E-state index in [1.165, 1.54) is 19.3 Å². The third-order valence-electron chi connectivity index (χ3n) is 12.8. The first-order valence-electron chi connectivity index (χ1n) is 23.5. The molecule has 19 heteroatoms. The summed E-state index contributed by atoms with van der Waals surface area (Å²) in [5, 5.41) is 93.9. The van der Waals surface area contributed by atoms with Gasteiger partial charge in [0.2, 0.25) is 11.8 Å². The highest BCUT2D eigenvalue weighted by molar-refractivity contribution is 5.76. The Balaban J connectivity index is 1.50. The van der Waals surface area contributed by atoms with Crippen LogP contribution >= 0.6 is 0 Å². The van der Waals surface area contributed by atoms with Gasteiger partial charge >= 0.3 is 5.69 Å². The normalized spacial score (nSPS) is 32.7. The fourth-order valence-corrected chi connectivity index (χ4v) is 9.01. The lowest BCUT2D eigenvalue weighted by molar-refractivity contribution is -0.228. The highest BCUT2D eigenvalue weighted by Crippen LogP contribution is 2.35. The highest BCUT2D eigenvalue weighted by atomic mass is 16.6. The third-order valence-corrected chi connectivity index (χ3v) is 12.8. The number of hydrogen-bond acceptors (Lipinski definition) is 15. The van der Waals surface area contributed by atoms with Crippen LogP contribution in [0.25, 0.3) is 0 Å². The molecule has 6 unspecified atom stereocenters. The molecule has 19 nitrogen and oxygen atoms in total. The number of aliphatic hydroxyl groups is 8. The summed E-state index contributed by atoms with van der Waals surface area (Å²) in [5.74, 6) is -0.822. The molecule has 15 atom stereocenters. The number of hydrogen-bond donors (Lipinski definition) is 11. The Morgan fingerprint density at radius 2 is 1.10 bits per heavy atom. The van der Waals surface area contributed by atoms with Gasteiger partial charge in [-0.2, -0.15) is 0 Å². The van der Waals surface area contributed by atoms with E-state index in [9.17, 15) is 60.0 Å². The van der Waals surface area contributed by atoms with E-state index < -0.39 is 128 Å². The second kappa shape index (κ2) is 27.0.